The molecule has 0 bridgehead atoms. The summed E-state index contributed by atoms with van der Waals surface area (Å²) in [7, 11) is 0. The van der Waals surface area contributed by atoms with Crippen molar-refractivity contribution in [2.24, 2.45) is 5.73 Å². The summed E-state index contributed by atoms with van der Waals surface area (Å²) in [4.78, 5) is 9.53. The van der Waals surface area contributed by atoms with Crippen LogP contribution < -0.4 is 11.1 Å². The second kappa shape index (κ2) is 8.25. The number of hydrogen-bond donors (Lipinski definition) is 2. The highest BCUT2D eigenvalue weighted by atomic mass is 15.1. The zero-order valence-corrected chi connectivity index (χ0v) is 17.1. The molecule has 1 aromatic carbocycles. The van der Waals surface area contributed by atoms with Gasteiger partial charge in [-0.3, -0.25) is 4.98 Å². The highest BCUT2D eigenvalue weighted by Crippen LogP contribution is 2.28. The number of pyridine rings is 1. The summed E-state index contributed by atoms with van der Waals surface area (Å²) in [6.45, 7) is 2.07. The number of aryl methyl sites for hydroxylation is 3. The molecule has 5 rings (SSSR count). The number of nitrogens with zero attached hydrogens (tertiary/aromatic N) is 3. The van der Waals surface area contributed by atoms with Gasteiger partial charge in [0, 0.05) is 31.2 Å². The Hall–Kier alpha value is -2.24. The van der Waals surface area contributed by atoms with Crippen LogP contribution >= 0.6 is 0 Å². The molecule has 29 heavy (non-hydrogen) atoms. The predicted molar refractivity (Wildman–Crippen MR) is 117 cm³/mol. The maximum atomic E-state index is 6.51. The second-order valence-corrected chi connectivity index (χ2v) is 8.62. The average molecular weight is 390 g/mol. The van der Waals surface area contributed by atoms with E-state index in [1.807, 2.05) is 6.20 Å². The van der Waals surface area contributed by atoms with E-state index in [0.29, 0.717) is 6.04 Å². The Labute approximate surface area is 172 Å². The molecule has 3 aromatic rings. The Bertz CT molecular complexity index is 992. The van der Waals surface area contributed by atoms with Crippen molar-refractivity contribution < 1.29 is 0 Å². The van der Waals surface area contributed by atoms with Crippen molar-refractivity contribution in [1.82, 2.24) is 19.9 Å². The van der Waals surface area contributed by atoms with Crippen LogP contribution in [0, 0.1) is 0 Å². The smallest absolute Gasteiger partial charge is 0.111 e. The van der Waals surface area contributed by atoms with E-state index in [4.69, 9.17) is 10.7 Å². The van der Waals surface area contributed by atoms with Gasteiger partial charge in [0.1, 0.15) is 5.82 Å². The van der Waals surface area contributed by atoms with E-state index >= 15 is 0 Å². The van der Waals surface area contributed by atoms with Crippen molar-refractivity contribution in [2.45, 2.75) is 70.0 Å². The van der Waals surface area contributed by atoms with Crippen molar-refractivity contribution in [3.63, 3.8) is 0 Å². The van der Waals surface area contributed by atoms with Gasteiger partial charge in [-0.2, -0.15) is 0 Å². The maximum absolute atomic E-state index is 6.51. The maximum Gasteiger partial charge on any atom is 0.111 e. The summed E-state index contributed by atoms with van der Waals surface area (Å²) in [5, 5.41) is 3.72. The Balaban J connectivity index is 1.16. The molecule has 2 aliphatic rings. The van der Waals surface area contributed by atoms with Gasteiger partial charge in [-0.25, -0.2) is 4.98 Å². The summed E-state index contributed by atoms with van der Waals surface area (Å²) in [6, 6.07) is 11.3. The molecular weight excluding hydrogens is 358 g/mol. The number of nitrogens with two attached hydrogens (primary N) is 1. The summed E-state index contributed by atoms with van der Waals surface area (Å²) >= 11 is 0. The normalized spacial score (nSPS) is 19.3. The topological polar surface area (TPSA) is 68.8 Å². The lowest BCUT2D eigenvalue weighted by Crippen LogP contribution is -2.29. The first-order chi connectivity index (χ1) is 14.3. The van der Waals surface area contributed by atoms with Crippen LogP contribution in [0.3, 0.4) is 0 Å². The molecule has 2 aromatic heterocycles. The summed E-state index contributed by atoms with van der Waals surface area (Å²) < 4.78 is 2.41. The van der Waals surface area contributed by atoms with Crippen LogP contribution in [0.4, 0.5) is 0 Å². The molecule has 0 amide bonds. The van der Waals surface area contributed by atoms with Gasteiger partial charge in [0.15, 0.2) is 0 Å². The van der Waals surface area contributed by atoms with Gasteiger partial charge in [-0.1, -0.05) is 18.2 Å². The molecule has 2 unspecified atom stereocenters. The van der Waals surface area contributed by atoms with Gasteiger partial charge in [0.2, 0.25) is 0 Å². The average Bonchev–Trinajstić information content (AvgIpc) is 3.11. The lowest BCUT2D eigenvalue weighted by atomic mass is 9.92. The predicted octanol–water partition coefficient (Wildman–Crippen LogP) is 3.69. The van der Waals surface area contributed by atoms with E-state index in [1.165, 1.54) is 48.0 Å². The Morgan fingerprint density at radius 2 is 2.03 bits per heavy atom. The van der Waals surface area contributed by atoms with Crippen LogP contribution in [0.25, 0.3) is 11.0 Å². The SMILES string of the molecule is NC(CCCNC1CCCc2cccnc21)Cc1nc2cccc3c2n1CCC3. The zero-order valence-electron chi connectivity index (χ0n) is 17.1. The molecule has 1 aliphatic carbocycles. The summed E-state index contributed by atoms with van der Waals surface area (Å²) in [5.41, 5.74) is 13.1. The van der Waals surface area contributed by atoms with E-state index in [9.17, 15) is 0 Å². The number of hydrogen-bond acceptors (Lipinski definition) is 4. The number of aromatic nitrogens is 3. The summed E-state index contributed by atoms with van der Waals surface area (Å²) in [6.07, 6.45) is 10.8. The summed E-state index contributed by atoms with van der Waals surface area (Å²) in [5.74, 6) is 1.16. The number of rotatable bonds is 7. The van der Waals surface area contributed by atoms with Gasteiger partial charge in [-0.05, 0) is 74.8 Å². The van der Waals surface area contributed by atoms with Gasteiger partial charge >= 0.3 is 0 Å². The minimum atomic E-state index is 0.159. The largest absolute Gasteiger partial charge is 0.328 e. The van der Waals surface area contributed by atoms with E-state index in [1.54, 1.807) is 0 Å². The quantitative estimate of drug-likeness (QED) is 0.605. The molecule has 152 valence electrons. The molecule has 0 spiro atoms. The number of benzene rings is 1. The van der Waals surface area contributed by atoms with E-state index < -0.39 is 0 Å². The molecule has 0 radical (unpaired) electrons. The second-order valence-electron chi connectivity index (χ2n) is 8.62. The third kappa shape index (κ3) is 3.81. The van der Waals surface area contributed by atoms with Crippen molar-refractivity contribution in [3.8, 4) is 0 Å². The fraction of sp³-hybridized carbons (Fsp3) is 0.500. The van der Waals surface area contributed by atoms with Crippen molar-refractivity contribution in [1.29, 1.82) is 0 Å². The fourth-order valence-electron chi connectivity index (χ4n) is 5.12. The first-order valence-electron chi connectivity index (χ1n) is 11.2. The Morgan fingerprint density at radius 1 is 1.14 bits per heavy atom. The Morgan fingerprint density at radius 3 is 3.00 bits per heavy atom. The lowest BCUT2D eigenvalue weighted by molar-refractivity contribution is 0.432. The van der Waals surface area contributed by atoms with Crippen molar-refractivity contribution in [3.05, 3.63) is 59.2 Å². The molecule has 2 atom stereocenters. The molecule has 1 aliphatic heterocycles. The first-order valence-corrected chi connectivity index (χ1v) is 11.2. The molecule has 3 heterocycles. The van der Waals surface area contributed by atoms with Crippen LogP contribution in [0.1, 0.15) is 60.8 Å². The van der Waals surface area contributed by atoms with E-state index in [0.717, 1.165) is 50.1 Å². The monoisotopic (exact) mass is 389 g/mol. The van der Waals surface area contributed by atoms with Crippen LogP contribution in [-0.4, -0.2) is 27.1 Å². The van der Waals surface area contributed by atoms with Gasteiger partial charge in [0.05, 0.1) is 16.7 Å². The number of imidazole rings is 1. The minimum Gasteiger partial charge on any atom is -0.328 e. The molecular formula is C24H31N5. The van der Waals surface area contributed by atoms with Gasteiger partial charge < -0.3 is 15.6 Å². The first kappa shape index (κ1) is 18.8. The number of fused-ring (bicyclic) bond motifs is 1. The number of para-hydroxylation sites is 1. The van der Waals surface area contributed by atoms with E-state index in [-0.39, 0.29) is 6.04 Å². The number of nitrogens with one attached hydrogen (secondary N) is 1. The van der Waals surface area contributed by atoms with Crippen LogP contribution in [-0.2, 0) is 25.8 Å². The molecule has 5 nitrogen and oxygen atoms in total. The molecule has 3 N–H and O–H groups in total. The highest BCUT2D eigenvalue weighted by Gasteiger charge is 2.21. The zero-order chi connectivity index (χ0) is 19.6. The highest BCUT2D eigenvalue weighted by molar-refractivity contribution is 5.80. The third-order valence-electron chi connectivity index (χ3n) is 6.54. The molecule has 0 fully saturated rings. The Kier molecular flexibility index (Phi) is 5.34. The van der Waals surface area contributed by atoms with Crippen molar-refractivity contribution in [2.75, 3.05) is 6.54 Å². The van der Waals surface area contributed by atoms with Gasteiger partial charge in [0.25, 0.3) is 0 Å². The third-order valence-corrected chi connectivity index (χ3v) is 6.54. The van der Waals surface area contributed by atoms with Crippen molar-refractivity contribution >= 4 is 11.0 Å². The molecule has 5 heteroatoms. The van der Waals surface area contributed by atoms with Crippen LogP contribution in [0.15, 0.2) is 36.5 Å². The van der Waals surface area contributed by atoms with Crippen LogP contribution in [0.2, 0.25) is 0 Å². The lowest BCUT2D eigenvalue weighted by Gasteiger charge is -2.25. The standard InChI is InChI=1S/C24H31N5/c25-19(10-4-13-26-20-11-1-6-17-8-3-14-27-23(17)20)16-22-28-21-12-2-7-18-9-5-15-29(22)24(18)21/h2-3,7-8,12,14,19-20,26H,1,4-6,9-11,13,15-16,25H2. The molecule has 0 saturated heterocycles. The van der Waals surface area contributed by atoms with E-state index in [2.05, 4.69) is 45.2 Å². The fourth-order valence-corrected chi connectivity index (χ4v) is 5.12. The van der Waals surface area contributed by atoms with Crippen LogP contribution in [0.5, 0.6) is 0 Å². The van der Waals surface area contributed by atoms with Gasteiger partial charge in [-0.15, -0.1) is 0 Å². The minimum absolute atomic E-state index is 0.159. The molecule has 0 saturated carbocycles.